The maximum absolute atomic E-state index is 12.5. The molecule has 0 spiro atoms. The predicted molar refractivity (Wildman–Crippen MR) is 114 cm³/mol. The van der Waals surface area contributed by atoms with Crippen LogP contribution in [-0.4, -0.2) is 36.6 Å². The lowest BCUT2D eigenvalue weighted by Gasteiger charge is -2.32. The van der Waals surface area contributed by atoms with E-state index < -0.39 is 17.2 Å². The number of nitrogens with zero attached hydrogens (tertiary/aromatic N) is 3. The van der Waals surface area contributed by atoms with E-state index >= 15 is 0 Å². The zero-order valence-electron chi connectivity index (χ0n) is 15.8. The largest absolute Gasteiger partial charge is 0.465 e. The summed E-state index contributed by atoms with van der Waals surface area (Å²) in [5.74, 6) is 0.310. The maximum Gasteiger partial charge on any atom is 0.408 e. The van der Waals surface area contributed by atoms with Gasteiger partial charge in [-0.3, -0.25) is 9.69 Å². The molecule has 1 amide bonds. The van der Waals surface area contributed by atoms with E-state index in [1.165, 1.54) is 16.2 Å². The Morgan fingerprint density at radius 1 is 1.34 bits per heavy atom. The molecule has 0 saturated carbocycles. The number of aromatic nitrogens is 3. The van der Waals surface area contributed by atoms with Crippen molar-refractivity contribution in [1.82, 2.24) is 19.9 Å². The first kappa shape index (κ1) is 19.6. The Morgan fingerprint density at radius 2 is 2.10 bits per heavy atom. The number of H-pyrrole nitrogens is 1. The number of nitrogens with one attached hydrogen (secondary N) is 1. The molecule has 2 N–H and O–H groups in total. The third kappa shape index (κ3) is 3.65. The Kier molecular flexibility index (Phi) is 4.70. The van der Waals surface area contributed by atoms with Gasteiger partial charge in [0.15, 0.2) is 5.82 Å². The average molecular weight is 477 g/mol. The van der Waals surface area contributed by atoms with E-state index in [9.17, 15) is 14.7 Å². The van der Waals surface area contributed by atoms with Gasteiger partial charge in [-0.2, -0.15) is 0 Å². The molecule has 1 aromatic carbocycles. The predicted octanol–water partition coefficient (Wildman–Crippen LogP) is 4.83. The molecular formula is C19H17BrN4O4S. The Hall–Kier alpha value is -2.72. The molecular weight excluding hydrogens is 460 g/mol. The number of carbonyl (C=O) groups is 1. The van der Waals surface area contributed by atoms with Gasteiger partial charge in [0.05, 0.1) is 6.54 Å². The molecule has 0 unspecified atom stereocenters. The van der Waals surface area contributed by atoms with Gasteiger partial charge in [-0.05, 0) is 39.0 Å². The van der Waals surface area contributed by atoms with Crippen molar-refractivity contribution in [3.05, 3.63) is 43.4 Å². The standard InChI is InChI=1S/C19H17BrN4O4S/c1-19(2,3)24(18(26)27)7-13-21-11(8-29-13)16-22-14-10-6-9(20)4-5-12(10)28-15(14)17(25)23-16/h4-6,8H,7H2,1-3H3,(H,26,27)(H,22,23,25). The lowest BCUT2D eigenvalue weighted by atomic mass is 10.1. The van der Waals surface area contributed by atoms with E-state index in [4.69, 9.17) is 4.42 Å². The summed E-state index contributed by atoms with van der Waals surface area (Å²) in [6.07, 6.45) is -1.02. The summed E-state index contributed by atoms with van der Waals surface area (Å²) >= 11 is 4.74. The van der Waals surface area contributed by atoms with Crippen molar-refractivity contribution in [3.63, 3.8) is 0 Å². The van der Waals surface area contributed by atoms with Crippen LogP contribution in [-0.2, 0) is 6.54 Å². The highest BCUT2D eigenvalue weighted by Gasteiger charge is 2.27. The summed E-state index contributed by atoms with van der Waals surface area (Å²) in [5.41, 5.74) is 0.700. The van der Waals surface area contributed by atoms with Crippen molar-refractivity contribution >= 4 is 55.4 Å². The van der Waals surface area contributed by atoms with Gasteiger partial charge in [0.2, 0.25) is 5.58 Å². The van der Waals surface area contributed by atoms with Crippen molar-refractivity contribution in [2.24, 2.45) is 0 Å². The van der Waals surface area contributed by atoms with Crippen molar-refractivity contribution in [3.8, 4) is 11.5 Å². The van der Waals surface area contributed by atoms with E-state index in [2.05, 4.69) is 30.9 Å². The lowest BCUT2D eigenvalue weighted by molar-refractivity contribution is 0.0955. The van der Waals surface area contributed by atoms with Gasteiger partial charge in [-0.25, -0.2) is 14.8 Å². The van der Waals surface area contributed by atoms with Crippen LogP contribution >= 0.6 is 27.3 Å². The Morgan fingerprint density at radius 3 is 2.79 bits per heavy atom. The van der Waals surface area contributed by atoms with Crippen LogP contribution in [0, 0.1) is 0 Å². The normalized spacial score (nSPS) is 12.0. The van der Waals surface area contributed by atoms with Crippen LogP contribution in [0.4, 0.5) is 4.79 Å². The number of fused-ring (bicyclic) bond motifs is 3. The average Bonchev–Trinajstić information content (AvgIpc) is 3.23. The number of furan rings is 1. The second-order valence-corrected chi connectivity index (χ2v) is 9.36. The van der Waals surface area contributed by atoms with E-state index in [1.54, 1.807) is 11.4 Å². The maximum atomic E-state index is 12.5. The summed E-state index contributed by atoms with van der Waals surface area (Å²) in [4.78, 5) is 37.2. The molecule has 3 heterocycles. The van der Waals surface area contributed by atoms with Crippen molar-refractivity contribution in [1.29, 1.82) is 0 Å². The van der Waals surface area contributed by atoms with E-state index in [-0.39, 0.29) is 12.1 Å². The highest BCUT2D eigenvalue weighted by molar-refractivity contribution is 9.10. The quantitative estimate of drug-likeness (QED) is 0.437. The summed E-state index contributed by atoms with van der Waals surface area (Å²) in [6.45, 7) is 5.62. The zero-order valence-corrected chi connectivity index (χ0v) is 18.2. The number of aromatic amines is 1. The molecule has 0 fully saturated rings. The molecule has 0 saturated heterocycles. The summed E-state index contributed by atoms with van der Waals surface area (Å²) in [5, 5.41) is 12.6. The van der Waals surface area contributed by atoms with Gasteiger partial charge >= 0.3 is 6.09 Å². The second-order valence-electron chi connectivity index (χ2n) is 7.50. The molecule has 0 bridgehead atoms. The van der Waals surface area contributed by atoms with Crippen LogP contribution < -0.4 is 5.56 Å². The highest BCUT2D eigenvalue weighted by Crippen LogP contribution is 2.29. The number of carboxylic acid groups (broad SMARTS) is 1. The molecule has 0 aliphatic heterocycles. The fraction of sp³-hybridized carbons (Fsp3) is 0.263. The first-order chi connectivity index (χ1) is 13.6. The number of hydrogen-bond donors (Lipinski definition) is 2. The zero-order chi connectivity index (χ0) is 20.9. The number of rotatable bonds is 3. The van der Waals surface area contributed by atoms with Gasteiger partial charge in [0, 0.05) is 20.8 Å². The van der Waals surface area contributed by atoms with Crippen molar-refractivity contribution < 1.29 is 14.3 Å². The fourth-order valence-electron chi connectivity index (χ4n) is 2.97. The van der Waals surface area contributed by atoms with E-state index in [0.717, 1.165) is 9.86 Å². The highest BCUT2D eigenvalue weighted by atomic mass is 79.9. The molecule has 0 aliphatic rings. The molecule has 3 aromatic heterocycles. The van der Waals surface area contributed by atoms with Gasteiger partial charge in [-0.15, -0.1) is 11.3 Å². The number of halogens is 1. The molecule has 8 nitrogen and oxygen atoms in total. The molecule has 10 heteroatoms. The van der Waals surface area contributed by atoms with Gasteiger partial charge in [0.1, 0.15) is 21.8 Å². The molecule has 4 aromatic rings. The minimum atomic E-state index is -1.02. The molecule has 150 valence electrons. The SMILES string of the molecule is CC(C)(C)N(Cc1nc(-c2nc3c(oc4ccc(Br)cc43)c(=O)[nH]2)cs1)C(=O)O. The van der Waals surface area contributed by atoms with Crippen LogP contribution in [0.15, 0.2) is 37.3 Å². The minimum Gasteiger partial charge on any atom is -0.465 e. The van der Waals surface area contributed by atoms with Gasteiger partial charge in [-0.1, -0.05) is 15.9 Å². The number of hydrogen-bond acceptors (Lipinski definition) is 6. The monoisotopic (exact) mass is 476 g/mol. The Bertz CT molecular complexity index is 1300. The van der Waals surface area contributed by atoms with Crippen LogP contribution in [0.2, 0.25) is 0 Å². The molecule has 0 radical (unpaired) electrons. The van der Waals surface area contributed by atoms with Crippen LogP contribution in [0.5, 0.6) is 0 Å². The molecule has 29 heavy (non-hydrogen) atoms. The Balaban J connectivity index is 1.76. The second kappa shape index (κ2) is 6.96. The number of thiazole rings is 1. The smallest absolute Gasteiger partial charge is 0.408 e. The third-order valence-electron chi connectivity index (χ3n) is 4.41. The molecule has 0 aliphatic carbocycles. The first-order valence-corrected chi connectivity index (χ1v) is 10.4. The summed E-state index contributed by atoms with van der Waals surface area (Å²) in [7, 11) is 0. The topological polar surface area (TPSA) is 112 Å². The van der Waals surface area contributed by atoms with Crippen molar-refractivity contribution in [2.75, 3.05) is 0 Å². The number of amides is 1. The van der Waals surface area contributed by atoms with Crippen LogP contribution in [0.25, 0.3) is 33.6 Å². The fourth-order valence-corrected chi connectivity index (χ4v) is 4.09. The van der Waals surface area contributed by atoms with Gasteiger partial charge in [0.25, 0.3) is 5.56 Å². The molecule has 4 rings (SSSR count). The van der Waals surface area contributed by atoms with Crippen molar-refractivity contribution in [2.45, 2.75) is 32.9 Å². The summed E-state index contributed by atoms with van der Waals surface area (Å²) < 4.78 is 6.48. The first-order valence-electron chi connectivity index (χ1n) is 8.71. The van der Waals surface area contributed by atoms with Crippen LogP contribution in [0.1, 0.15) is 25.8 Å². The molecule has 0 atom stereocenters. The van der Waals surface area contributed by atoms with E-state index in [0.29, 0.717) is 27.6 Å². The van der Waals surface area contributed by atoms with E-state index in [1.807, 2.05) is 32.9 Å². The summed E-state index contributed by atoms with van der Waals surface area (Å²) in [6, 6.07) is 5.45. The lowest BCUT2D eigenvalue weighted by Crippen LogP contribution is -2.44. The van der Waals surface area contributed by atoms with Crippen LogP contribution in [0.3, 0.4) is 0 Å². The van der Waals surface area contributed by atoms with Gasteiger partial charge < -0.3 is 14.5 Å². The Labute approximate surface area is 177 Å². The number of benzene rings is 1. The minimum absolute atomic E-state index is 0.150. The third-order valence-corrected chi connectivity index (χ3v) is 5.74.